The second-order valence-corrected chi connectivity index (χ2v) is 6.68. The summed E-state index contributed by atoms with van der Waals surface area (Å²) in [7, 11) is 0. The number of hydrogen-bond acceptors (Lipinski definition) is 6. The Bertz CT molecular complexity index is 1190. The lowest BCUT2D eigenvalue weighted by atomic mass is 10.1. The molecule has 0 atom stereocenters. The first-order chi connectivity index (χ1) is 14.3. The fraction of sp³-hybridized carbons (Fsp3) is 0.190. The van der Waals surface area contributed by atoms with Gasteiger partial charge in [0.25, 0.3) is 11.5 Å². The van der Waals surface area contributed by atoms with Crippen molar-refractivity contribution in [1.82, 2.24) is 14.9 Å². The quantitative estimate of drug-likeness (QED) is 0.623. The number of carbonyl (C=O) groups is 3. The van der Waals surface area contributed by atoms with Gasteiger partial charge in [-0.2, -0.15) is 0 Å². The molecule has 154 valence electrons. The number of ether oxygens (including phenoxy) is 1. The summed E-state index contributed by atoms with van der Waals surface area (Å²) in [6.07, 6.45) is 1.24. The summed E-state index contributed by atoms with van der Waals surface area (Å²) in [5, 5.41) is 5.00. The third-order valence-electron chi connectivity index (χ3n) is 4.28. The molecule has 30 heavy (non-hydrogen) atoms. The highest BCUT2D eigenvalue weighted by Crippen LogP contribution is 2.15. The van der Waals surface area contributed by atoms with E-state index in [0.717, 1.165) is 15.7 Å². The van der Waals surface area contributed by atoms with Crippen LogP contribution >= 0.6 is 0 Å². The molecule has 0 radical (unpaired) electrons. The number of fused-ring (bicyclic) bond motifs is 1. The van der Waals surface area contributed by atoms with Crippen LogP contribution in [0.2, 0.25) is 0 Å². The van der Waals surface area contributed by atoms with Gasteiger partial charge in [-0.3, -0.25) is 24.3 Å². The largest absolute Gasteiger partial charge is 0.454 e. The van der Waals surface area contributed by atoms with Gasteiger partial charge in [-0.15, -0.1) is 0 Å². The Morgan fingerprint density at radius 1 is 1.10 bits per heavy atom. The fourth-order valence-electron chi connectivity index (χ4n) is 2.82. The van der Waals surface area contributed by atoms with Crippen LogP contribution in [0.3, 0.4) is 0 Å². The second-order valence-electron chi connectivity index (χ2n) is 6.68. The number of benzene rings is 2. The van der Waals surface area contributed by atoms with E-state index in [2.05, 4.69) is 15.6 Å². The standard InChI is InChI=1S/C21H20N4O5/c1-13-7-8-16(14(2)9-13)23-21(29)24-18(26)11-30-19(27)10-25-12-22-17-6-4-3-5-15(17)20(25)28/h3-9,12H,10-11H2,1-2H3,(H2,23,24,26,29). The lowest BCUT2D eigenvalue weighted by Crippen LogP contribution is -2.37. The SMILES string of the molecule is Cc1ccc(NC(=O)NC(=O)COC(=O)Cn2cnc3ccccc3c2=O)c(C)c1. The van der Waals surface area contributed by atoms with E-state index in [1.165, 1.54) is 6.33 Å². The highest BCUT2D eigenvalue weighted by atomic mass is 16.5. The molecule has 0 saturated heterocycles. The highest BCUT2D eigenvalue weighted by Gasteiger charge is 2.13. The summed E-state index contributed by atoms with van der Waals surface area (Å²) < 4.78 is 5.94. The number of nitrogens with zero attached hydrogens (tertiary/aromatic N) is 2. The molecule has 0 bridgehead atoms. The molecule has 0 saturated carbocycles. The Morgan fingerprint density at radius 3 is 2.63 bits per heavy atom. The van der Waals surface area contributed by atoms with Crippen molar-refractivity contribution in [2.45, 2.75) is 20.4 Å². The number of para-hydroxylation sites is 1. The molecule has 9 heteroatoms. The van der Waals surface area contributed by atoms with Crippen molar-refractivity contribution >= 4 is 34.5 Å². The van der Waals surface area contributed by atoms with Crippen LogP contribution in [0.15, 0.2) is 53.6 Å². The predicted octanol–water partition coefficient (Wildman–Crippen LogP) is 1.90. The minimum absolute atomic E-state index is 0.369. The minimum Gasteiger partial charge on any atom is -0.454 e. The Kier molecular flexibility index (Phi) is 6.21. The first-order valence-corrected chi connectivity index (χ1v) is 9.11. The Hall–Kier alpha value is -4.01. The van der Waals surface area contributed by atoms with E-state index in [1.54, 1.807) is 30.3 Å². The number of anilines is 1. The van der Waals surface area contributed by atoms with Crippen molar-refractivity contribution in [3.8, 4) is 0 Å². The average Bonchev–Trinajstić information content (AvgIpc) is 2.71. The van der Waals surface area contributed by atoms with Crippen LogP contribution in [0.5, 0.6) is 0 Å². The molecule has 0 aliphatic rings. The van der Waals surface area contributed by atoms with Crippen molar-refractivity contribution in [1.29, 1.82) is 0 Å². The molecule has 1 heterocycles. The number of carbonyl (C=O) groups excluding carboxylic acids is 3. The Balaban J connectivity index is 1.51. The summed E-state index contributed by atoms with van der Waals surface area (Å²) in [6.45, 7) is 2.69. The molecule has 3 amide bonds. The van der Waals surface area contributed by atoms with E-state index < -0.39 is 36.6 Å². The van der Waals surface area contributed by atoms with E-state index in [9.17, 15) is 19.2 Å². The summed E-state index contributed by atoms with van der Waals surface area (Å²) in [5.41, 5.74) is 2.57. The Morgan fingerprint density at radius 2 is 1.87 bits per heavy atom. The maximum Gasteiger partial charge on any atom is 0.326 e. The van der Waals surface area contributed by atoms with Gasteiger partial charge < -0.3 is 10.1 Å². The van der Waals surface area contributed by atoms with Gasteiger partial charge >= 0.3 is 12.0 Å². The van der Waals surface area contributed by atoms with E-state index in [1.807, 2.05) is 26.0 Å². The molecule has 9 nitrogen and oxygen atoms in total. The molecule has 3 aromatic rings. The number of aryl methyl sites for hydroxylation is 2. The monoisotopic (exact) mass is 408 g/mol. The van der Waals surface area contributed by atoms with Crippen LogP contribution < -0.4 is 16.2 Å². The molecule has 2 aromatic carbocycles. The number of rotatable bonds is 5. The van der Waals surface area contributed by atoms with E-state index in [0.29, 0.717) is 16.6 Å². The maximum atomic E-state index is 12.4. The van der Waals surface area contributed by atoms with Gasteiger partial charge in [0, 0.05) is 5.69 Å². The third kappa shape index (κ3) is 5.07. The zero-order valence-electron chi connectivity index (χ0n) is 16.5. The number of nitrogens with one attached hydrogen (secondary N) is 2. The van der Waals surface area contributed by atoms with Crippen molar-refractivity contribution in [2.24, 2.45) is 0 Å². The van der Waals surface area contributed by atoms with Crippen LogP contribution in [0.25, 0.3) is 10.9 Å². The zero-order valence-corrected chi connectivity index (χ0v) is 16.5. The maximum absolute atomic E-state index is 12.4. The van der Waals surface area contributed by atoms with E-state index in [-0.39, 0.29) is 0 Å². The fourth-order valence-corrected chi connectivity index (χ4v) is 2.82. The molecule has 1 aromatic heterocycles. The lowest BCUT2D eigenvalue weighted by Gasteiger charge is -2.10. The molecule has 0 fully saturated rings. The molecule has 0 aliphatic heterocycles. The number of imide groups is 1. The normalized spacial score (nSPS) is 10.5. The molecule has 0 aliphatic carbocycles. The molecular weight excluding hydrogens is 388 g/mol. The van der Waals surface area contributed by atoms with E-state index >= 15 is 0 Å². The van der Waals surface area contributed by atoms with Crippen LogP contribution in [-0.4, -0.2) is 34.1 Å². The summed E-state index contributed by atoms with van der Waals surface area (Å²) in [6, 6.07) is 11.5. The summed E-state index contributed by atoms with van der Waals surface area (Å²) in [4.78, 5) is 52.2. The van der Waals surface area contributed by atoms with Crippen molar-refractivity contribution in [3.63, 3.8) is 0 Å². The van der Waals surface area contributed by atoms with Gasteiger partial charge in [0.1, 0.15) is 6.54 Å². The van der Waals surface area contributed by atoms with Gasteiger partial charge in [0.2, 0.25) is 0 Å². The van der Waals surface area contributed by atoms with Gasteiger partial charge in [-0.25, -0.2) is 9.78 Å². The number of urea groups is 1. The van der Waals surface area contributed by atoms with Crippen molar-refractivity contribution < 1.29 is 19.1 Å². The van der Waals surface area contributed by atoms with Crippen molar-refractivity contribution in [3.05, 3.63) is 70.3 Å². The summed E-state index contributed by atoms with van der Waals surface area (Å²) in [5.74, 6) is -1.60. The molecule has 0 unspecified atom stereocenters. The number of hydrogen-bond donors (Lipinski definition) is 2. The van der Waals surface area contributed by atoms with Crippen LogP contribution in [0, 0.1) is 13.8 Å². The summed E-state index contributed by atoms with van der Waals surface area (Å²) >= 11 is 0. The predicted molar refractivity (Wildman–Crippen MR) is 110 cm³/mol. The van der Waals surface area contributed by atoms with Crippen LogP contribution in [-0.2, 0) is 20.9 Å². The molecule has 2 N–H and O–H groups in total. The number of esters is 1. The van der Waals surface area contributed by atoms with Gasteiger partial charge in [-0.1, -0.05) is 29.8 Å². The number of amides is 3. The molecular formula is C21H20N4O5. The average molecular weight is 408 g/mol. The third-order valence-corrected chi connectivity index (χ3v) is 4.28. The first kappa shape index (κ1) is 20.7. The van der Waals surface area contributed by atoms with Gasteiger partial charge in [0.05, 0.1) is 17.2 Å². The molecule has 3 rings (SSSR count). The number of aromatic nitrogens is 2. The smallest absolute Gasteiger partial charge is 0.326 e. The molecule has 0 spiro atoms. The first-order valence-electron chi connectivity index (χ1n) is 9.11. The lowest BCUT2D eigenvalue weighted by molar-refractivity contribution is -0.148. The van der Waals surface area contributed by atoms with Crippen molar-refractivity contribution in [2.75, 3.05) is 11.9 Å². The van der Waals surface area contributed by atoms with E-state index in [4.69, 9.17) is 4.74 Å². The van der Waals surface area contributed by atoms with Crippen LogP contribution in [0.4, 0.5) is 10.5 Å². The highest BCUT2D eigenvalue weighted by molar-refractivity contribution is 6.02. The second kappa shape index (κ2) is 8.99. The minimum atomic E-state index is -0.806. The zero-order chi connectivity index (χ0) is 21.7. The Labute approximate surface area is 171 Å². The van der Waals surface area contributed by atoms with Gasteiger partial charge in [0.15, 0.2) is 6.61 Å². The van der Waals surface area contributed by atoms with Gasteiger partial charge in [-0.05, 0) is 37.6 Å². The topological polar surface area (TPSA) is 119 Å². The van der Waals surface area contributed by atoms with Crippen LogP contribution in [0.1, 0.15) is 11.1 Å².